The van der Waals surface area contributed by atoms with Crippen molar-refractivity contribution in [2.75, 3.05) is 0 Å². The first-order chi connectivity index (χ1) is 5.81. The Morgan fingerprint density at radius 2 is 1.83 bits per heavy atom. The molecule has 0 saturated carbocycles. The molecule has 0 aliphatic carbocycles. The molecule has 0 aromatic heterocycles. The molecule has 0 aromatic carbocycles. The minimum absolute atomic E-state index is 0.904. The molecular formula is C12H23. The van der Waals surface area contributed by atoms with E-state index in [-0.39, 0.29) is 0 Å². The lowest BCUT2D eigenvalue weighted by Crippen LogP contribution is -1.93. The number of allylic oxidation sites excluding steroid dienone is 2. The number of unbranched alkanes of at least 4 members (excludes halogenated alkanes) is 2. The van der Waals surface area contributed by atoms with Crippen LogP contribution in [0.1, 0.15) is 52.9 Å². The van der Waals surface area contributed by atoms with Gasteiger partial charge in [-0.1, -0.05) is 45.3 Å². The van der Waals surface area contributed by atoms with Crippen molar-refractivity contribution in [1.29, 1.82) is 0 Å². The van der Waals surface area contributed by atoms with Crippen molar-refractivity contribution < 1.29 is 0 Å². The van der Waals surface area contributed by atoms with Crippen LogP contribution in [0.25, 0.3) is 0 Å². The molecule has 71 valence electrons. The highest BCUT2D eigenvalue weighted by molar-refractivity contribution is 4.77. The lowest BCUT2D eigenvalue weighted by molar-refractivity contribution is 0.478. The Balaban J connectivity index is 3.15. The summed E-state index contributed by atoms with van der Waals surface area (Å²) < 4.78 is 0. The molecule has 0 spiro atoms. The average Bonchev–Trinajstić information content (AvgIpc) is 2.06. The van der Waals surface area contributed by atoms with Gasteiger partial charge in [0.2, 0.25) is 0 Å². The first kappa shape index (κ1) is 11.7. The van der Waals surface area contributed by atoms with Gasteiger partial charge in [-0.25, -0.2) is 0 Å². The van der Waals surface area contributed by atoms with Crippen LogP contribution in [0.4, 0.5) is 0 Å². The summed E-state index contributed by atoms with van der Waals surface area (Å²) in [7, 11) is 0. The van der Waals surface area contributed by atoms with Crippen LogP contribution >= 0.6 is 0 Å². The molecule has 0 amide bonds. The third-order valence-electron chi connectivity index (χ3n) is 2.25. The van der Waals surface area contributed by atoms with Crippen LogP contribution in [0.15, 0.2) is 12.2 Å². The molecule has 0 heterocycles. The third-order valence-corrected chi connectivity index (χ3v) is 2.25. The van der Waals surface area contributed by atoms with Gasteiger partial charge in [0, 0.05) is 0 Å². The Morgan fingerprint density at radius 3 is 2.42 bits per heavy atom. The summed E-state index contributed by atoms with van der Waals surface area (Å²) in [5.41, 5.74) is 0. The molecule has 12 heavy (non-hydrogen) atoms. The van der Waals surface area contributed by atoms with E-state index in [9.17, 15) is 0 Å². The summed E-state index contributed by atoms with van der Waals surface area (Å²) in [5, 5.41) is 0. The Hall–Kier alpha value is -0.260. The number of hydrogen-bond acceptors (Lipinski definition) is 0. The molecule has 0 aliphatic rings. The summed E-state index contributed by atoms with van der Waals surface area (Å²) in [6.45, 7) is 6.60. The third kappa shape index (κ3) is 7.84. The topological polar surface area (TPSA) is 0 Å². The van der Waals surface area contributed by atoms with Crippen molar-refractivity contribution in [3.05, 3.63) is 18.6 Å². The van der Waals surface area contributed by atoms with Crippen LogP contribution in [0, 0.1) is 12.3 Å². The predicted molar refractivity (Wildman–Crippen MR) is 57.0 cm³/mol. The molecule has 1 atom stereocenters. The standard InChI is InChI=1S/C12H23/c1-4-6-8-10-12(3)11-9-7-5-2/h4-6,12H,7-11H2,1-3H3. The van der Waals surface area contributed by atoms with Gasteiger partial charge in [0.1, 0.15) is 0 Å². The zero-order valence-corrected chi connectivity index (χ0v) is 8.84. The summed E-state index contributed by atoms with van der Waals surface area (Å²) in [6.07, 6.45) is 13.3. The van der Waals surface area contributed by atoms with E-state index in [0.717, 1.165) is 5.92 Å². The zero-order chi connectivity index (χ0) is 9.23. The number of rotatable bonds is 7. The monoisotopic (exact) mass is 167 g/mol. The number of hydrogen-bond donors (Lipinski definition) is 0. The minimum atomic E-state index is 0.904. The van der Waals surface area contributed by atoms with E-state index in [1.807, 2.05) is 0 Å². The van der Waals surface area contributed by atoms with E-state index < -0.39 is 0 Å². The smallest absolute Gasteiger partial charge is 0.0348 e. The summed E-state index contributed by atoms with van der Waals surface area (Å²) >= 11 is 0. The van der Waals surface area contributed by atoms with E-state index >= 15 is 0 Å². The van der Waals surface area contributed by atoms with E-state index in [4.69, 9.17) is 0 Å². The lowest BCUT2D eigenvalue weighted by atomic mass is 9.98. The van der Waals surface area contributed by atoms with Crippen molar-refractivity contribution in [3.8, 4) is 0 Å². The van der Waals surface area contributed by atoms with Crippen molar-refractivity contribution in [2.45, 2.75) is 52.9 Å². The molecule has 0 bridgehead atoms. The van der Waals surface area contributed by atoms with Crippen molar-refractivity contribution >= 4 is 0 Å². The second kappa shape index (κ2) is 8.83. The van der Waals surface area contributed by atoms with Gasteiger partial charge in [0.05, 0.1) is 0 Å². The van der Waals surface area contributed by atoms with Gasteiger partial charge < -0.3 is 0 Å². The second-order valence-electron chi connectivity index (χ2n) is 3.59. The van der Waals surface area contributed by atoms with Crippen molar-refractivity contribution in [1.82, 2.24) is 0 Å². The fourth-order valence-electron chi connectivity index (χ4n) is 1.36. The maximum absolute atomic E-state index is 2.36. The van der Waals surface area contributed by atoms with Crippen molar-refractivity contribution in [3.63, 3.8) is 0 Å². The largest absolute Gasteiger partial charge is 0.0917 e. The van der Waals surface area contributed by atoms with Crippen LogP contribution in [-0.2, 0) is 0 Å². The Kier molecular flexibility index (Phi) is 8.64. The summed E-state index contributed by atoms with van der Waals surface area (Å²) in [5.74, 6) is 0.904. The van der Waals surface area contributed by atoms with Crippen LogP contribution in [0.5, 0.6) is 0 Å². The summed E-state index contributed by atoms with van der Waals surface area (Å²) in [4.78, 5) is 0. The Labute approximate surface area is 78.1 Å². The van der Waals surface area contributed by atoms with Crippen LogP contribution in [0.3, 0.4) is 0 Å². The fraction of sp³-hybridized carbons (Fsp3) is 0.750. The van der Waals surface area contributed by atoms with E-state index in [0.29, 0.717) is 0 Å². The molecule has 0 N–H and O–H groups in total. The molecule has 1 radical (unpaired) electrons. The van der Waals surface area contributed by atoms with E-state index in [1.165, 1.54) is 32.1 Å². The highest BCUT2D eigenvalue weighted by Crippen LogP contribution is 2.14. The molecule has 0 rings (SSSR count). The van der Waals surface area contributed by atoms with Crippen molar-refractivity contribution in [2.24, 2.45) is 5.92 Å². The Morgan fingerprint density at radius 1 is 1.08 bits per heavy atom. The predicted octanol–water partition coefficient (Wildman–Crippen LogP) is 4.37. The van der Waals surface area contributed by atoms with Gasteiger partial charge in [0.15, 0.2) is 0 Å². The average molecular weight is 167 g/mol. The molecule has 0 nitrogen and oxygen atoms in total. The molecule has 1 unspecified atom stereocenters. The molecule has 0 fully saturated rings. The highest BCUT2D eigenvalue weighted by atomic mass is 14.0. The second-order valence-corrected chi connectivity index (χ2v) is 3.59. The van der Waals surface area contributed by atoms with E-state index in [2.05, 4.69) is 39.3 Å². The maximum atomic E-state index is 2.36. The van der Waals surface area contributed by atoms with Gasteiger partial charge in [0.25, 0.3) is 0 Å². The van der Waals surface area contributed by atoms with Gasteiger partial charge in [-0.15, -0.1) is 0 Å². The first-order valence-electron chi connectivity index (χ1n) is 5.20. The van der Waals surface area contributed by atoms with Gasteiger partial charge in [-0.05, 0) is 32.1 Å². The fourth-order valence-corrected chi connectivity index (χ4v) is 1.36. The molecule has 0 heteroatoms. The Bertz CT molecular complexity index is 103. The van der Waals surface area contributed by atoms with Crippen LogP contribution in [-0.4, -0.2) is 0 Å². The first-order valence-corrected chi connectivity index (χ1v) is 5.20. The van der Waals surface area contributed by atoms with Gasteiger partial charge in [-0.3, -0.25) is 0 Å². The SMILES string of the molecule is C[CH]CCCC(C)CCC=CC. The lowest BCUT2D eigenvalue weighted by Gasteiger charge is -2.08. The van der Waals surface area contributed by atoms with E-state index in [1.54, 1.807) is 0 Å². The molecule has 0 aliphatic heterocycles. The van der Waals surface area contributed by atoms with Gasteiger partial charge >= 0.3 is 0 Å². The molecular weight excluding hydrogens is 144 g/mol. The zero-order valence-electron chi connectivity index (χ0n) is 8.84. The minimum Gasteiger partial charge on any atom is -0.0917 e. The molecule has 0 saturated heterocycles. The van der Waals surface area contributed by atoms with Crippen LogP contribution in [0.2, 0.25) is 0 Å². The van der Waals surface area contributed by atoms with Crippen LogP contribution < -0.4 is 0 Å². The van der Waals surface area contributed by atoms with Gasteiger partial charge in [-0.2, -0.15) is 0 Å². The quantitative estimate of drug-likeness (QED) is 0.390. The normalized spacial score (nSPS) is 13.9. The summed E-state index contributed by atoms with van der Waals surface area (Å²) in [6, 6.07) is 0. The maximum Gasteiger partial charge on any atom is -0.0348 e. The molecule has 0 aromatic rings. The highest BCUT2D eigenvalue weighted by Gasteiger charge is 1.99.